The first-order valence-corrected chi connectivity index (χ1v) is 8.38. The fraction of sp³-hybridized carbons (Fsp3) is 0. The number of halogens is 1. The van der Waals surface area contributed by atoms with Crippen LogP contribution in [0, 0.1) is 21.4 Å². The van der Waals surface area contributed by atoms with Crippen LogP contribution in [0.1, 0.15) is 5.76 Å². The van der Waals surface area contributed by atoms with Gasteiger partial charge in [-0.2, -0.15) is 5.26 Å². The molecule has 1 heterocycles. The van der Waals surface area contributed by atoms with E-state index in [-0.39, 0.29) is 27.8 Å². The van der Waals surface area contributed by atoms with Crippen LogP contribution >= 0.6 is 11.6 Å². The first-order chi connectivity index (χ1) is 13.5. The van der Waals surface area contributed by atoms with Crippen molar-refractivity contribution in [2.24, 2.45) is 0 Å². The molecule has 138 valence electrons. The van der Waals surface area contributed by atoms with E-state index in [1.165, 1.54) is 30.3 Å². The second-order valence-electron chi connectivity index (χ2n) is 5.61. The Kier molecular flexibility index (Phi) is 5.53. The van der Waals surface area contributed by atoms with E-state index in [0.29, 0.717) is 11.3 Å². The summed E-state index contributed by atoms with van der Waals surface area (Å²) in [5.74, 6) is -0.0712. The molecule has 3 rings (SSSR count). The fourth-order valence-corrected chi connectivity index (χ4v) is 2.61. The highest BCUT2D eigenvalue weighted by Crippen LogP contribution is 2.33. The number of nitrogens with zero attached hydrogens (tertiary/aromatic N) is 2. The molecule has 3 aromatic rings. The number of anilines is 1. The topological polar surface area (TPSA) is 109 Å². The average molecular weight is 394 g/mol. The van der Waals surface area contributed by atoms with E-state index in [2.05, 4.69) is 5.32 Å². The van der Waals surface area contributed by atoms with Gasteiger partial charge in [0.25, 0.3) is 11.6 Å². The van der Waals surface area contributed by atoms with E-state index in [1.807, 2.05) is 6.07 Å². The lowest BCUT2D eigenvalue weighted by molar-refractivity contribution is -0.384. The molecule has 0 unspecified atom stereocenters. The number of nitrogens with one attached hydrogen (secondary N) is 1. The van der Waals surface area contributed by atoms with Crippen LogP contribution < -0.4 is 5.32 Å². The van der Waals surface area contributed by atoms with Crippen LogP contribution in [-0.4, -0.2) is 10.8 Å². The first kappa shape index (κ1) is 18.9. The molecule has 0 fully saturated rings. The van der Waals surface area contributed by atoms with Gasteiger partial charge in [-0.15, -0.1) is 0 Å². The summed E-state index contributed by atoms with van der Waals surface area (Å²) < 4.78 is 5.60. The van der Waals surface area contributed by atoms with Crippen LogP contribution in [0.5, 0.6) is 0 Å². The molecule has 0 aliphatic rings. The van der Waals surface area contributed by atoms with Crippen LogP contribution in [0.2, 0.25) is 5.02 Å². The summed E-state index contributed by atoms with van der Waals surface area (Å²) >= 11 is 6.10. The highest BCUT2D eigenvalue weighted by molar-refractivity contribution is 6.33. The predicted octanol–water partition coefficient (Wildman–Crippen LogP) is 5.05. The normalized spacial score (nSPS) is 10.9. The summed E-state index contributed by atoms with van der Waals surface area (Å²) in [6.07, 6.45) is 1.28. The molecule has 1 amide bonds. The lowest BCUT2D eigenvalue weighted by Crippen LogP contribution is -2.13. The van der Waals surface area contributed by atoms with Crippen molar-refractivity contribution < 1.29 is 14.1 Å². The summed E-state index contributed by atoms with van der Waals surface area (Å²) in [6, 6.07) is 17.6. The smallest absolute Gasteiger partial charge is 0.270 e. The van der Waals surface area contributed by atoms with Gasteiger partial charge in [-0.05, 0) is 30.3 Å². The second-order valence-corrected chi connectivity index (χ2v) is 6.02. The number of rotatable bonds is 5. The van der Waals surface area contributed by atoms with Gasteiger partial charge in [-0.3, -0.25) is 14.9 Å². The zero-order chi connectivity index (χ0) is 20.1. The van der Waals surface area contributed by atoms with E-state index in [0.717, 1.165) is 0 Å². The molecule has 0 atom stereocenters. The van der Waals surface area contributed by atoms with Gasteiger partial charge in [0, 0.05) is 29.5 Å². The minimum Gasteiger partial charge on any atom is -0.457 e. The Bertz CT molecular complexity index is 1110. The lowest BCUT2D eigenvalue weighted by Gasteiger charge is -2.03. The van der Waals surface area contributed by atoms with Gasteiger partial charge < -0.3 is 9.73 Å². The van der Waals surface area contributed by atoms with Crippen molar-refractivity contribution in [3.05, 3.63) is 87.1 Å². The Morgan fingerprint density at radius 3 is 2.61 bits per heavy atom. The van der Waals surface area contributed by atoms with Crippen molar-refractivity contribution in [2.45, 2.75) is 0 Å². The van der Waals surface area contributed by atoms with Crippen LogP contribution in [0.3, 0.4) is 0 Å². The largest absolute Gasteiger partial charge is 0.457 e. The van der Waals surface area contributed by atoms with E-state index < -0.39 is 10.8 Å². The lowest BCUT2D eigenvalue weighted by atomic mass is 10.1. The number of nitriles is 1. The van der Waals surface area contributed by atoms with Crippen molar-refractivity contribution in [1.82, 2.24) is 0 Å². The molecule has 28 heavy (non-hydrogen) atoms. The number of hydrogen-bond acceptors (Lipinski definition) is 5. The summed E-state index contributed by atoms with van der Waals surface area (Å²) in [4.78, 5) is 22.7. The molecular formula is C20H12ClN3O4. The molecule has 0 saturated carbocycles. The molecule has 7 nitrogen and oxygen atoms in total. The monoisotopic (exact) mass is 393 g/mol. The Morgan fingerprint density at radius 2 is 1.93 bits per heavy atom. The minimum atomic E-state index is -0.583. The number of nitro benzene ring substituents is 1. The molecule has 0 saturated heterocycles. The quantitative estimate of drug-likeness (QED) is 0.282. The highest BCUT2D eigenvalue weighted by Gasteiger charge is 2.15. The van der Waals surface area contributed by atoms with Gasteiger partial charge in [0.2, 0.25) is 0 Å². The van der Waals surface area contributed by atoms with E-state index >= 15 is 0 Å². The molecule has 0 bridgehead atoms. The number of carbonyl (C=O) groups is 1. The number of non-ortho nitro benzene ring substituents is 1. The Morgan fingerprint density at radius 1 is 1.18 bits per heavy atom. The Labute approximate surface area is 164 Å². The van der Waals surface area contributed by atoms with Gasteiger partial charge in [0.05, 0.1) is 9.95 Å². The number of carbonyl (C=O) groups excluding carboxylic acids is 1. The molecular weight excluding hydrogens is 382 g/mol. The van der Waals surface area contributed by atoms with Gasteiger partial charge in [0.15, 0.2) is 0 Å². The van der Waals surface area contributed by atoms with Crippen LogP contribution in [0.25, 0.3) is 17.4 Å². The summed E-state index contributed by atoms with van der Waals surface area (Å²) in [5, 5.41) is 23.1. The van der Waals surface area contributed by atoms with Crippen LogP contribution in [0.15, 0.2) is 70.7 Å². The van der Waals surface area contributed by atoms with Gasteiger partial charge in [-0.25, -0.2) is 0 Å². The molecule has 2 aromatic carbocycles. The maximum atomic E-state index is 12.3. The number of furan rings is 1. The first-order valence-electron chi connectivity index (χ1n) is 8.00. The molecule has 0 radical (unpaired) electrons. The van der Waals surface area contributed by atoms with Gasteiger partial charge in [0.1, 0.15) is 23.2 Å². The molecule has 0 aliphatic carbocycles. The van der Waals surface area contributed by atoms with E-state index in [9.17, 15) is 20.2 Å². The van der Waals surface area contributed by atoms with Crippen molar-refractivity contribution in [2.75, 3.05) is 5.32 Å². The highest BCUT2D eigenvalue weighted by atomic mass is 35.5. The van der Waals surface area contributed by atoms with Crippen molar-refractivity contribution in [1.29, 1.82) is 5.26 Å². The Balaban J connectivity index is 1.87. The SMILES string of the molecule is N#C/C(=C\c1ccc(-c2cc([N+](=O)[O-])ccc2Cl)o1)C(=O)Nc1ccccc1. The standard InChI is InChI=1S/C20H12ClN3O4/c21-18-8-6-15(24(26)27)11-17(18)19-9-7-16(28-19)10-13(12-22)20(25)23-14-4-2-1-3-5-14/h1-11H,(H,23,25)/b13-10+. The van der Waals surface area contributed by atoms with Crippen LogP contribution in [0.4, 0.5) is 11.4 Å². The van der Waals surface area contributed by atoms with Crippen molar-refractivity contribution >= 4 is 35.0 Å². The number of nitro groups is 1. The zero-order valence-electron chi connectivity index (χ0n) is 14.3. The maximum Gasteiger partial charge on any atom is 0.270 e. The molecule has 0 spiro atoms. The second kappa shape index (κ2) is 8.20. The van der Waals surface area contributed by atoms with Crippen molar-refractivity contribution in [3.63, 3.8) is 0 Å². The molecule has 1 aromatic heterocycles. The van der Waals surface area contributed by atoms with E-state index in [1.54, 1.807) is 36.4 Å². The van der Waals surface area contributed by atoms with Gasteiger partial charge >= 0.3 is 0 Å². The van der Waals surface area contributed by atoms with Gasteiger partial charge in [-0.1, -0.05) is 29.8 Å². The zero-order valence-corrected chi connectivity index (χ0v) is 15.0. The molecule has 8 heteroatoms. The third kappa shape index (κ3) is 4.26. The summed E-state index contributed by atoms with van der Waals surface area (Å²) in [5.41, 5.74) is 0.600. The average Bonchev–Trinajstić information content (AvgIpc) is 3.15. The van der Waals surface area contributed by atoms with Crippen LogP contribution in [-0.2, 0) is 4.79 Å². The Hall–Kier alpha value is -3.89. The predicted molar refractivity (Wildman–Crippen MR) is 104 cm³/mol. The number of benzene rings is 2. The summed E-state index contributed by atoms with van der Waals surface area (Å²) in [7, 11) is 0. The third-order valence-corrected chi connectivity index (χ3v) is 4.07. The number of para-hydroxylation sites is 1. The molecule has 1 N–H and O–H groups in total. The number of hydrogen-bond donors (Lipinski definition) is 1. The molecule has 0 aliphatic heterocycles. The van der Waals surface area contributed by atoms with Crippen molar-refractivity contribution in [3.8, 4) is 17.4 Å². The maximum absolute atomic E-state index is 12.3. The number of amides is 1. The minimum absolute atomic E-state index is 0.132. The third-order valence-electron chi connectivity index (χ3n) is 3.74. The summed E-state index contributed by atoms with van der Waals surface area (Å²) in [6.45, 7) is 0. The van der Waals surface area contributed by atoms with E-state index in [4.69, 9.17) is 16.0 Å². The fourth-order valence-electron chi connectivity index (χ4n) is 2.40.